The summed E-state index contributed by atoms with van der Waals surface area (Å²) in [6, 6.07) is 6.91. The molecule has 3 rings (SSSR count). The highest BCUT2D eigenvalue weighted by molar-refractivity contribution is 5.86. The van der Waals surface area contributed by atoms with Gasteiger partial charge < -0.3 is 15.0 Å². The number of likely N-dealkylation sites (N-methyl/N-ethyl adjacent to an activating group) is 1. The Labute approximate surface area is 101 Å². The van der Waals surface area contributed by atoms with Crippen LogP contribution in [-0.4, -0.2) is 25.2 Å². The monoisotopic (exact) mass is 230 g/mol. The number of ether oxygens (including phenoxy) is 1. The highest BCUT2D eigenvalue weighted by Gasteiger charge is 2.21. The number of aryl methyl sites for hydroxylation is 1. The molecule has 2 N–H and O–H groups in total. The lowest BCUT2D eigenvalue weighted by molar-refractivity contribution is 0.415. The Kier molecular flexibility index (Phi) is 2.56. The summed E-state index contributed by atoms with van der Waals surface area (Å²) in [4.78, 5) is 3.53. The van der Waals surface area contributed by atoms with Gasteiger partial charge in [0.05, 0.1) is 7.11 Å². The minimum absolute atomic E-state index is 0.614. The van der Waals surface area contributed by atoms with Gasteiger partial charge in [0.25, 0.3) is 0 Å². The normalized spacial score (nSPS) is 19.3. The van der Waals surface area contributed by atoms with Gasteiger partial charge in [-0.25, -0.2) is 0 Å². The van der Waals surface area contributed by atoms with Crippen LogP contribution >= 0.6 is 0 Å². The van der Waals surface area contributed by atoms with Crippen LogP contribution in [0, 0.1) is 0 Å². The fraction of sp³-hybridized carbons (Fsp3) is 0.429. The number of fused-ring (bicyclic) bond motifs is 3. The summed E-state index contributed by atoms with van der Waals surface area (Å²) in [7, 11) is 3.76. The van der Waals surface area contributed by atoms with Crippen molar-refractivity contribution in [2.75, 3.05) is 14.2 Å². The van der Waals surface area contributed by atoms with Crippen LogP contribution in [0.1, 0.15) is 17.7 Å². The van der Waals surface area contributed by atoms with Crippen molar-refractivity contribution >= 4 is 10.9 Å². The van der Waals surface area contributed by atoms with E-state index in [9.17, 15) is 0 Å². The van der Waals surface area contributed by atoms with Gasteiger partial charge in [-0.1, -0.05) is 0 Å². The van der Waals surface area contributed by atoms with E-state index in [2.05, 4.69) is 22.4 Å². The summed E-state index contributed by atoms with van der Waals surface area (Å²) in [5.41, 5.74) is 4.08. The van der Waals surface area contributed by atoms with Crippen molar-refractivity contribution < 1.29 is 4.74 Å². The molecule has 0 saturated carbocycles. The van der Waals surface area contributed by atoms with Gasteiger partial charge in [-0.2, -0.15) is 0 Å². The quantitative estimate of drug-likeness (QED) is 0.830. The molecule has 1 aliphatic carbocycles. The predicted octanol–water partition coefficient (Wildman–Crippen LogP) is 2.25. The van der Waals surface area contributed by atoms with E-state index in [1.165, 1.54) is 28.6 Å². The fourth-order valence-electron chi connectivity index (χ4n) is 2.78. The third-order valence-corrected chi connectivity index (χ3v) is 3.80. The Morgan fingerprint density at radius 3 is 3.06 bits per heavy atom. The highest BCUT2D eigenvalue weighted by atomic mass is 16.5. The third kappa shape index (κ3) is 1.71. The van der Waals surface area contributed by atoms with Gasteiger partial charge >= 0.3 is 0 Å². The SMILES string of the molecule is CNC1CCc2[nH]c3cc(OC)ccc3c2C1. The molecule has 0 saturated heterocycles. The zero-order valence-corrected chi connectivity index (χ0v) is 10.3. The summed E-state index contributed by atoms with van der Waals surface area (Å²) in [5.74, 6) is 0.918. The molecular formula is C14H18N2O. The molecule has 2 aromatic rings. The van der Waals surface area contributed by atoms with Crippen LogP contribution in [0.2, 0.25) is 0 Å². The van der Waals surface area contributed by atoms with E-state index < -0.39 is 0 Å². The summed E-state index contributed by atoms with van der Waals surface area (Å²) in [6.45, 7) is 0. The van der Waals surface area contributed by atoms with Gasteiger partial charge in [-0.15, -0.1) is 0 Å². The van der Waals surface area contributed by atoms with Crippen molar-refractivity contribution in [1.29, 1.82) is 0 Å². The number of hydrogen-bond acceptors (Lipinski definition) is 2. The lowest BCUT2D eigenvalue weighted by Crippen LogP contribution is -2.31. The van der Waals surface area contributed by atoms with Crippen molar-refractivity contribution in [1.82, 2.24) is 10.3 Å². The lowest BCUT2D eigenvalue weighted by Gasteiger charge is -2.21. The predicted molar refractivity (Wildman–Crippen MR) is 69.7 cm³/mol. The second-order valence-corrected chi connectivity index (χ2v) is 4.72. The summed E-state index contributed by atoms with van der Waals surface area (Å²) < 4.78 is 5.26. The molecule has 0 bridgehead atoms. The number of aromatic nitrogens is 1. The van der Waals surface area contributed by atoms with E-state index in [0.717, 1.165) is 18.6 Å². The molecule has 0 amide bonds. The number of H-pyrrole nitrogens is 1. The first kappa shape index (κ1) is 10.7. The third-order valence-electron chi connectivity index (χ3n) is 3.80. The molecule has 1 aliphatic rings. The molecule has 17 heavy (non-hydrogen) atoms. The molecule has 0 radical (unpaired) electrons. The van der Waals surface area contributed by atoms with Gasteiger partial charge in [0.1, 0.15) is 5.75 Å². The largest absolute Gasteiger partial charge is 0.497 e. The van der Waals surface area contributed by atoms with Gasteiger partial charge in [0.15, 0.2) is 0 Å². The average molecular weight is 230 g/mol. The van der Waals surface area contributed by atoms with Crippen molar-refractivity contribution in [2.45, 2.75) is 25.3 Å². The molecule has 90 valence electrons. The molecule has 0 spiro atoms. The first-order valence-electron chi connectivity index (χ1n) is 6.16. The first-order valence-corrected chi connectivity index (χ1v) is 6.16. The Bertz CT molecular complexity index is 544. The topological polar surface area (TPSA) is 37.0 Å². The van der Waals surface area contributed by atoms with Crippen LogP contribution in [0.3, 0.4) is 0 Å². The smallest absolute Gasteiger partial charge is 0.120 e. The fourth-order valence-corrected chi connectivity index (χ4v) is 2.78. The van der Waals surface area contributed by atoms with Crippen LogP contribution in [0.4, 0.5) is 0 Å². The number of rotatable bonds is 2. The molecule has 1 unspecified atom stereocenters. The van der Waals surface area contributed by atoms with Gasteiger partial charge in [-0.3, -0.25) is 0 Å². The van der Waals surface area contributed by atoms with Crippen LogP contribution in [0.25, 0.3) is 10.9 Å². The van der Waals surface area contributed by atoms with Crippen LogP contribution in [-0.2, 0) is 12.8 Å². The first-order chi connectivity index (χ1) is 8.31. The van der Waals surface area contributed by atoms with E-state index in [0.29, 0.717) is 6.04 Å². The van der Waals surface area contributed by atoms with Crippen LogP contribution < -0.4 is 10.1 Å². The Morgan fingerprint density at radius 1 is 1.41 bits per heavy atom. The Balaban J connectivity index is 2.09. The minimum Gasteiger partial charge on any atom is -0.497 e. The molecule has 3 nitrogen and oxygen atoms in total. The van der Waals surface area contributed by atoms with E-state index in [1.54, 1.807) is 7.11 Å². The summed E-state index contributed by atoms with van der Waals surface area (Å²) >= 11 is 0. The van der Waals surface area contributed by atoms with E-state index in [4.69, 9.17) is 4.74 Å². The summed E-state index contributed by atoms with van der Waals surface area (Å²) in [6.07, 6.45) is 3.48. The number of methoxy groups -OCH3 is 1. The molecular weight excluding hydrogens is 212 g/mol. The molecule has 0 aliphatic heterocycles. The standard InChI is InChI=1S/C14H18N2O/c1-15-9-3-6-13-12(7-9)11-5-4-10(17-2)8-14(11)16-13/h4-5,8-9,15-16H,3,6-7H2,1-2H3. The minimum atomic E-state index is 0.614. The highest BCUT2D eigenvalue weighted by Crippen LogP contribution is 2.31. The maximum Gasteiger partial charge on any atom is 0.120 e. The van der Waals surface area contributed by atoms with Crippen molar-refractivity contribution in [3.8, 4) is 5.75 Å². The molecule has 0 fully saturated rings. The molecule has 1 heterocycles. The second kappa shape index (κ2) is 4.08. The molecule has 1 atom stereocenters. The molecule has 3 heteroatoms. The van der Waals surface area contributed by atoms with Crippen LogP contribution in [0.15, 0.2) is 18.2 Å². The van der Waals surface area contributed by atoms with Gasteiger partial charge in [-0.05, 0) is 44.0 Å². The van der Waals surface area contributed by atoms with E-state index in [-0.39, 0.29) is 0 Å². The average Bonchev–Trinajstić information content (AvgIpc) is 2.74. The second-order valence-electron chi connectivity index (χ2n) is 4.72. The Morgan fingerprint density at radius 2 is 2.29 bits per heavy atom. The van der Waals surface area contributed by atoms with E-state index >= 15 is 0 Å². The number of hydrogen-bond donors (Lipinski definition) is 2. The van der Waals surface area contributed by atoms with Gasteiger partial charge in [0, 0.05) is 28.7 Å². The molecule has 1 aromatic carbocycles. The zero-order valence-electron chi connectivity index (χ0n) is 10.3. The molecule has 1 aromatic heterocycles. The van der Waals surface area contributed by atoms with Crippen molar-refractivity contribution in [2.24, 2.45) is 0 Å². The zero-order chi connectivity index (χ0) is 11.8. The van der Waals surface area contributed by atoms with Gasteiger partial charge in [0.2, 0.25) is 0 Å². The summed E-state index contributed by atoms with van der Waals surface area (Å²) in [5, 5.41) is 4.73. The maximum atomic E-state index is 5.26. The van der Waals surface area contributed by atoms with Crippen LogP contribution in [0.5, 0.6) is 5.75 Å². The Hall–Kier alpha value is -1.48. The number of nitrogens with one attached hydrogen (secondary N) is 2. The number of benzene rings is 1. The van der Waals surface area contributed by atoms with Crippen molar-refractivity contribution in [3.05, 3.63) is 29.5 Å². The lowest BCUT2D eigenvalue weighted by atomic mass is 9.91. The van der Waals surface area contributed by atoms with Crippen molar-refractivity contribution in [3.63, 3.8) is 0 Å². The maximum absolute atomic E-state index is 5.26. The van der Waals surface area contributed by atoms with E-state index in [1.807, 2.05) is 13.1 Å². The number of aromatic amines is 1.